The second-order valence-electron chi connectivity index (χ2n) is 4.20. The molecule has 0 radical (unpaired) electrons. The lowest BCUT2D eigenvalue weighted by molar-refractivity contribution is -0.117. The minimum atomic E-state index is 0.0929. The van der Waals surface area contributed by atoms with Gasteiger partial charge < -0.3 is 10.6 Å². The Balaban J connectivity index is 2.23. The summed E-state index contributed by atoms with van der Waals surface area (Å²) >= 11 is 0. The van der Waals surface area contributed by atoms with Gasteiger partial charge in [0.15, 0.2) is 0 Å². The van der Waals surface area contributed by atoms with E-state index < -0.39 is 0 Å². The van der Waals surface area contributed by atoms with Gasteiger partial charge in [0.1, 0.15) is 0 Å². The first-order chi connectivity index (χ1) is 7.24. The molecular formula is C12H22N2O. The van der Waals surface area contributed by atoms with Gasteiger partial charge in [-0.1, -0.05) is 13.0 Å². The Bertz CT molecular complexity index is 230. The maximum absolute atomic E-state index is 11.6. The predicted molar refractivity (Wildman–Crippen MR) is 62.7 cm³/mol. The van der Waals surface area contributed by atoms with Crippen LogP contribution in [0.5, 0.6) is 0 Å². The van der Waals surface area contributed by atoms with E-state index in [0.29, 0.717) is 5.92 Å². The molecule has 0 atom stereocenters. The fourth-order valence-corrected chi connectivity index (χ4v) is 1.86. The highest BCUT2D eigenvalue weighted by Crippen LogP contribution is 2.10. The Kier molecular flexibility index (Phi) is 5.40. The second kappa shape index (κ2) is 6.62. The third-order valence-corrected chi connectivity index (χ3v) is 2.88. The van der Waals surface area contributed by atoms with Crippen molar-refractivity contribution >= 4 is 5.91 Å². The SMILES string of the molecule is CC/C=C(\C)C(=O)NCC1CCNCC1. The minimum Gasteiger partial charge on any atom is -0.352 e. The average Bonchev–Trinajstić information content (AvgIpc) is 2.27. The summed E-state index contributed by atoms with van der Waals surface area (Å²) in [5.74, 6) is 0.750. The van der Waals surface area contributed by atoms with Crippen LogP contribution < -0.4 is 10.6 Å². The monoisotopic (exact) mass is 210 g/mol. The highest BCUT2D eigenvalue weighted by molar-refractivity contribution is 5.92. The smallest absolute Gasteiger partial charge is 0.246 e. The van der Waals surface area contributed by atoms with Crippen molar-refractivity contribution in [2.45, 2.75) is 33.1 Å². The summed E-state index contributed by atoms with van der Waals surface area (Å²) in [4.78, 5) is 11.6. The summed E-state index contributed by atoms with van der Waals surface area (Å²) in [6.45, 7) is 6.93. The highest BCUT2D eigenvalue weighted by Gasteiger charge is 2.13. The summed E-state index contributed by atoms with van der Waals surface area (Å²) in [5.41, 5.74) is 0.839. The number of piperidine rings is 1. The van der Waals surface area contributed by atoms with Crippen molar-refractivity contribution < 1.29 is 4.79 Å². The molecule has 0 aromatic rings. The molecule has 0 unspecified atom stereocenters. The molecule has 0 aliphatic carbocycles. The van der Waals surface area contributed by atoms with Crippen molar-refractivity contribution in [3.05, 3.63) is 11.6 Å². The first-order valence-corrected chi connectivity index (χ1v) is 5.89. The molecule has 1 aliphatic heterocycles. The summed E-state index contributed by atoms with van der Waals surface area (Å²) in [6.07, 6.45) is 5.25. The van der Waals surface area contributed by atoms with E-state index in [2.05, 4.69) is 10.6 Å². The van der Waals surface area contributed by atoms with Crippen LogP contribution in [0.4, 0.5) is 0 Å². The van der Waals surface area contributed by atoms with Gasteiger partial charge in [0, 0.05) is 12.1 Å². The van der Waals surface area contributed by atoms with Gasteiger partial charge in [-0.15, -0.1) is 0 Å². The first-order valence-electron chi connectivity index (χ1n) is 5.89. The van der Waals surface area contributed by atoms with Gasteiger partial charge in [-0.3, -0.25) is 4.79 Å². The average molecular weight is 210 g/mol. The Morgan fingerprint density at radius 1 is 1.47 bits per heavy atom. The van der Waals surface area contributed by atoms with Gasteiger partial charge in [0.25, 0.3) is 0 Å². The van der Waals surface area contributed by atoms with Crippen molar-refractivity contribution in [2.24, 2.45) is 5.92 Å². The molecular weight excluding hydrogens is 188 g/mol. The number of carbonyl (C=O) groups is 1. The highest BCUT2D eigenvalue weighted by atomic mass is 16.1. The number of carbonyl (C=O) groups excluding carboxylic acids is 1. The van der Waals surface area contributed by atoms with E-state index in [4.69, 9.17) is 0 Å². The van der Waals surface area contributed by atoms with Crippen molar-refractivity contribution in [2.75, 3.05) is 19.6 Å². The molecule has 1 fully saturated rings. The topological polar surface area (TPSA) is 41.1 Å². The van der Waals surface area contributed by atoms with E-state index >= 15 is 0 Å². The van der Waals surface area contributed by atoms with Crippen molar-refractivity contribution in [1.82, 2.24) is 10.6 Å². The standard InChI is InChI=1S/C12H22N2O/c1-3-4-10(2)12(15)14-9-11-5-7-13-8-6-11/h4,11,13H,3,5-9H2,1-2H3,(H,14,15)/b10-4+. The van der Waals surface area contributed by atoms with E-state index in [1.807, 2.05) is 19.9 Å². The Labute approximate surface area is 92.3 Å². The quantitative estimate of drug-likeness (QED) is 0.690. The van der Waals surface area contributed by atoms with Gasteiger partial charge in [-0.05, 0) is 45.2 Å². The third kappa shape index (κ3) is 4.47. The van der Waals surface area contributed by atoms with Crippen LogP contribution in [0, 0.1) is 5.92 Å². The van der Waals surface area contributed by atoms with E-state index in [1.54, 1.807) is 0 Å². The summed E-state index contributed by atoms with van der Waals surface area (Å²) < 4.78 is 0. The van der Waals surface area contributed by atoms with Crippen LogP contribution in [0.3, 0.4) is 0 Å². The van der Waals surface area contributed by atoms with Gasteiger partial charge >= 0.3 is 0 Å². The summed E-state index contributed by atoms with van der Waals surface area (Å²) in [6, 6.07) is 0. The Morgan fingerprint density at radius 3 is 2.73 bits per heavy atom. The van der Waals surface area contributed by atoms with Crippen molar-refractivity contribution in [1.29, 1.82) is 0 Å². The molecule has 0 spiro atoms. The van der Waals surface area contributed by atoms with Gasteiger partial charge in [0.2, 0.25) is 5.91 Å². The Hall–Kier alpha value is -0.830. The largest absolute Gasteiger partial charge is 0.352 e. The molecule has 1 saturated heterocycles. The molecule has 86 valence electrons. The molecule has 3 nitrogen and oxygen atoms in total. The molecule has 1 rings (SSSR count). The van der Waals surface area contributed by atoms with Crippen LogP contribution in [0.2, 0.25) is 0 Å². The molecule has 15 heavy (non-hydrogen) atoms. The number of hydrogen-bond donors (Lipinski definition) is 2. The van der Waals surface area contributed by atoms with Crippen molar-refractivity contribution in [3.8, 4) is 0 Å². The number of allylic oxidation sites excluding steroid dienone is 1. The lowest BCUT2D eigenvalue weighted by atomic mass is 9.98. The molecule has 3 heteroatoms. The zero-order valence-electron chi connectivity index (χ0n) is 9.81. The first kappa shape index (κ1) is 12.2. The number of amides is 1. The Morgan fingerprint density at radius 2 is 2.13 bits per heavy atom. The lowest BCUT2D eigenvalue weighted by Gasteiger charge is -2.22. The summed E-state index contributed by atoms with van der Waals surface area (Å²) in [5, 5.41) is 6.32. The molecule has 0 bridgehead atoms. The van der Waals surface area contributed by atoms with Crippen LogP contribution in [0.15, 0.2) is 11.6 Å². The normalized spacial score (nSPS) is 18.9. The molecule has 1 aliphatic rings. The number of hydrogen-bond acceptors (Lipinski definition) is 2. The maximum Gasteiger partial charge on any atom is 0.246 e. The predicted octanol–water partition coefficient (Wildman–Crippen LogP) is 1.46. The van der Waals surface area contributed by atoms with E-state index in [1.165, 1.54) is 12.8 Å². The molecule has 0 aromatic heterocycles. The fraction of sp³-hybridized carbons (Fsp3) is 0.750. The number of nitrogens with one attached hydrogen (secondary N) is 2. The number of rotatable bonds is 4. The maximum atomic E-state index is 11.6. The van der Waals surface area contributed by atoms with Crippen LogP contribution in [0.25, 0.3) is 0 Å². The zero-order valence-corrected chi connectivity index (χ0v) is 9.81. The van der Waals surface area contributed by atoms with Crippen LogP contribution in [-0.4, -0.2) is 25.5 Å². The van der Waals surface area contributed by atoms with Crippen LogP contribution in [-0.2, 0) is 4.79 Å². The second-order valence-corrected chi connectivity index (χ2v) is 4.20. The summed E-state index contributed by atoms with van der Waals surface area (Å²) in [7, 11) is 0. The molecule has 0 aromatic carbocycles. The van der Waals surface area contributed by atoms with Gasteiger partial charge in [-0.25, -0.2) is 0 Å². The third-order valence-electron chi connectivity index (χ3n) is 2.88. The minimum absolute atomic E-state index is 0.0929. The lowest BCUT2D eigenvalue weighted by Crippen LogP contribution is -2.36. The van der Waals surface area contributed by atoms with E-state index in [9.17, 15) is 4.79 Å². The molecule has 1 heterocycles. The van der Waals surface area contributed by atoms with Gasteiger partial charge in [-0.2, -0.15) is 0 Å². The van der Waals surface area contributed by atoms with E-state index in [-0.39, 0.29) is 5.91 Å². The molecule has 2 N–H and O–H groups in total. The molecule has 0 saturated carbocycles. The zero-order chi connectivity index (χ0) is 11.1. The van der Waals surface area contributed by atoms with Crippen LogP contribution >= 0.6 is 0 Å². The van der Waals surface area contributed by atoms with Gasteiger partial charge in [0.05, 0.1) is 0 Å². The molecule has 1 amide bonds. The van der Waals surface area contributed by atoms with Crippen LogP contribution in [0.1, 0.15) is 33.1 Å². The van der Waals surface area contributed by atoms with Crippen molar-refractivity contribution in [3.63, 3.8) is 0 Å². The van der Waals surface area contributed by atoms with E-state index in [0.717, 1.165) is 31.6 Å². The fourth-order valence-electron chi connectivity index (χ4n) is 1.86.